The summed E-state index contributed by atoms with van der Waals surface area (Å²) in [5, 5.41) is 41.0. The fourth-order valence-corrected chi connectivity index (χ4v) is 5.21. The van der Waals surface area contributed by atoms with Gasteiger partial charge in [-0.15, -0.1) is 0 Å². The summed E-state index contributed by atoms with van der Waals surface area (Å²) in [6.07, 6.45) is 5.07. The van der Waals surface area contributed by atoms with Crippen molar-refractivity contribution in [2.24, 2.45) is 5.92 Å². The highest BCUT2D eigenvalue weighted by molar-refractivity contribution is 6.02. The molecule has 5 rings (SSSR count). The highest BCUT2D eigenvalue weighted by atomic mass is 16.5. The summed E-state index contributed by atoms with van der Waals surface area (Å²) >= 11 is 0. The molecule has 0 aliphatic carbocycles. The predicted octanol–water partition coefficient (Wildman–Crippen LogP) is 6.73. The molecule has 210 valence electrons. The molecule has 1 heterocycles. The Morgan fingerprint density at radius 2 is 1.56 bits per heavy atom. The van der Waals surface area contributed by atoms with Gasteiger partial charge >= 0.3 is 0 Å². The second-order valence-electron chi connectivity index (χ2n) is 10.2. The number of hydrogen-bond acceptors (Lipinski definition) is 7. The number of aromatic hydroxyl groups is 4. The molecule has 41 heavy (non-hydrogen) atoms. The Labute approximate surface area is 238 Å². The minimum absolute atomic E-state index is 0.0631. The van der Waals surface area contributed by atoms with Gasteiger partial charge in [-0.3, -0.25) is 4.79 Å². The molecule has 0 spiro atoms. The van der Waals surface area contributed by atoms with E-state index < -0.39 is 6.10 Å². The average Bonchev–Trinajstić information content (AvgIpc) is 2.97. The van der Waals surface area contributed by atoms with E-state index in [1.54, 1.807) is 43.5 Å². The topological polar surface area (TPSA) is 116 Å². The molecule has 0 unspecified atom stereocenters. The molecule has 0 amide bonds. The third-order valence-corrected chi connectivity index (χ3v) is 7.42. The fourth-order valence-electron chi connectivity index (χ4n) is 5.21. The third-order valence-electron chi connectivity index (χ3n) is 7.42. The Kier molecular flexibility index (Phi) is 8.15. The van der Waals surface area contributed by atoms with Crippen LogP contribution < -0.4 is 9.47 Å². The average molecular weight is 553 g/mol. The van der Waals surface area contributed by atoms with Crippen LogP contribution in [0.3, 0.4) is 0 Å². The Hall–Kier alpha value is -4.91. The maximum atomic E-state index is 13.5. The number of methoxy groups -OCH3 is 1. The molecule has 0 aromatic heterocycles. The van der Waals surface area contributed by atoms with Crippen molar-refractivity contribution in [1.29, 1.82) is 0 Å². The number of phenolic OH excluding ortho intramolecular Hbond substituents is 4. The molecular weight excluding hydrogens is 520 g/mol. The van der Waals surface area contributed by atoms with Crippen LogP contribution in [0.1, 0.15) is 51.6 Å². The summed E-state index contributed by atoms with van der Waals surface area (Å²) in [5.74, 6) is 0.392. The minimum Gasteiger partial charge on any atom is -0.508 e. The van der Waals surface area contributed by atoms with Crippen molar-refractivity contribution < 1.29 is 34.7 Å². The molecule has 0 saturated heterocycles. The van der Waals surface area contributed by atoms with Crippen LogP contribution in [-0.4, -0.2) is 33.3 Å². The molecule has 4 aromatic carbocycles. The van der Waals surface area contributed by atoms with Gasteiger partial charge in [0.2, 0.25) is 0 Å². The lowest BCUT2D eigenvalue weighted by Gasteiger charge is -2.35. The lowest BCUT2D eigenvalue weighted by Crippen LogP contribution is -2.27. The Balaban J connectivity index is 1.44. The Bertz CT molecular complexity index is 1540. The lowest BCUT2D eigenvalue weighted by molar-refractivity contribution is 0.0933. The number of benzene rings is 4. The van der Waals surface area contributed by atoms with E-state index in [2.05, 4.69) is 0 Å². The molecule has 1 aliphatic heterocycles. The molecule has 0 fully saturated rings. The van der Waals surface area contributed by atoms with Gasteiger partial charge in [0.1, 0.15) is 46.2 Å². The summed E-state index contributed by atoms with van der Waals surface area (Å²) in [5.41, 5.74) is 3.23. The largest absolute Gasteiger partial charge is 0.508 e. The standard InChI is InChI=1S/C34H32O7/c1-40-27-16-7-22(8-17-27)9-18-29(37)32-31(39)20-30(38)28-19-24(4-2-3-21-5-12-25(35)13-6-21)33(41-34(28)32)23-10-14-26(36)15-11-23/h2-3,5-8,10-17,20,24,33,35-36,38-39H,4,9,18-19H2,1H3/b3-2+/t24-,33+/m1/s1. The molecule has 0 bridgehead atoms. The van der Waals surface area contributed by atoms with E-state index in [4.69, 9.17) is 9.47 Å². The number of allylic oxidation sites excluding steroid dienone is 1. The van der Waals surface area contributed by atoms with Crippen LogP contribution in [0.25, 0.3) is 6.08 Å². The van der Waals surface area contributed by atoms with Crippen LogP contribution in [0.4, 0.5) is 0 Å². The normalized spacial score (nSPS) is 16.2. The molecule has 7 heteroatoms. The first kappa shape index (κ1) is 27.6. The molecule has 0 radical (unpaired) electrons. The fraction of sp³-hybridized carbons (Fsp3) is 0.206. The molecule has 1 aliphatic rings. The van der Waals surface area contributed by atoms with Gasteiger partial charge in [-0.05, 0) is 72.4 Å². The number of fused-ring (bicyclic) bond motifs is 1. The van der Waals surface area contributed by atoms with Crippen molar-refractivity contribution in [1.82, 2.24) is 0 Å². The number of Topliss-reactive ketones (excluding diaryl/α,β-unsaturated/α-hetero) is 1. The number of rotatable bonds is 9. The van der Waals surface area contributed by atoms with Crippen LogP contribution >= 0.6 is 0 Å². The van der Waals surface area contributed by atoms with Crippen LogP contribution in [0.15, 0.2) is 84.9 Å². The molecule has 4 N–H and O–H groups in total. The first-order chi connectivity index (χ1) is 19.8. The molecule has 2 atom stereocenters. The molecular formula is C34H32O7. The number of ether oxygens (including phenoxy) is 2. The van der Waals surface area contributed by atoms with Gasteiger partial charge in [0.05, 0.1) is 7.11 Å². The monoisotopic (exact) mass is 552 g/mol. The highest BCUT2D eigenvalue weighted by Gasteiger charge is 2.36. The van der Waals surface area contributed by atoms with E-state index in [1.807, 2.05) is 48.6 Å². The summed E-state index contributed by atoms with van der Waals surface area (Å²) in [6.45, 7) is 0. The quantitative estimate of drug-likeness (QED) is 0.170. The number of carbonyl (C=O) groups is 1. The van der Waals surface area contributed by atoms with Crippen LogP contribution in [-0.2, 0) is 12.8 Å². The number of aryl methyl sites for hydroxylation is 1. The zero-order valence-corrected chi connectivity index (χ0v) is 22.7. The molecule has 0 saturated carbocycles. The zero-order valence-electron chi connectivity index (χ0n) is 22.7. The second-order valence-corrected chi connectivity index (χ2v) is 10.2. The predicted molar refractivity (Wildman–Crippen MR) is 156 cm³/mol. The maximum absolute atomic E-state index is 13.5. The van der Waals surface area contributed by atoms with E-state index >= 15 is 0 Å². The van der Waals surface area contributed by atoms with E-state index in [0.717, 1.165) is 22.4 Å². The first-order valence-electron chi connectivity index (χ1n) is 13.5. The van der Waals surface area contributed by atoms with Gasteiger partial charge in [0.25, 0.3) is 0 Å². The number of hydrogen-bond donors (Lipinski definition) is 4. The Morgan fingerprint density at radius 3 is 2.22 bits per heavy atom. The lowest BCUT2D eigenvalue weighted by atomic mass is 9.82. The minimum atomic E-state index is -0.498. The highest BCUT2D eigenvalue weighted by Crippen LogP contribution is 2.48. The third kappa shape index (κ3) is 6.30. The van der Waals surface area contributed by atoms with Gasteiger partial charge < -0.3 is 29.9 Å². The molecule has 4 aromatic rings. The number of carbonyl (C=O) groups excluding carboxylic acids is 1. The van der Waals surface area contributed by atoms with Crippen molar-refractivity contribution in [3.8, 4) is 34.5 Å². The van der Waals surface area contributed by atoms with Crippen LogP contribution in [0.2, 0.25) is 0 Å². The van der Waals surface area contributed by atoms with Crippen molar-refractivity contribution >= 4 is 11.9 Å². The number of ketones is 1. The van der Waals surface area contributed by atoms with Crippen molar-refractivity contribution in [2.45, 2.75) is 31.8 Å². The SMILES string of the molecule is COc1ccc(CCC(=O)c2c(O)cc(O)c3c2O[C@@H](c2ccc(O)cc2)[C@H](C/C=C/c2ccc(O)cc2)C3)cc1. The van der Waals surface area contributed by atoms with Crippen LogP contribution in [0.5, 0.6) is 34.5 Å². The van der Waals surface area contributed by atoms with Crippen molar-refractivity contribution in [2.75, 3.05) is 7.11 Å². The summed E-state index contributed by atoms with van der Waals surface area (Å²) in [7, 11) is 1.59. The van der Waals surface area contributed by atoms with Crippen LogP contribution in [0, 0.1) is 5.92 Å². The van der Waals surface area contributed by atoms with E-state index in [-0.39, 0.29) is 52.4 Å². The maximum Gasteiger partial charge on any atom is 0.170 e. The summed E-state index contributed by atoms with van der Waals surface area (Å²) < 4.78 is 11.7. The van der Waals surface area contributed by atoms with Gasteiger partial charge in [-0.1, -0.05) is 48.6 Å². The van der Waals surface area contributed by atoms with E-state index in [1.165, 1.54) is 6.07 Å². The van der Waals surface area contributed by atoms with Gasteiger partial charge in [0, 0.05) is 24.0 Å². The van der Waals surface area contributed by atoms with Gasteiger partial charge in [-0.25, -0.2) is 0 Å². The van der Waals surface area contributed by atoms with E-state index in [0.29, 0.717) is 24.8 Å². The van der Waals surface area contributed by atoms with Gasteiger partial charge in [-0.2, -0.15) is 0 Å². The van der Waals surface area contributed by atoms with Crippen molar-refractivity contribution in [3.63, 3.8) is 0 Å². The molecule has 7 nitrogen and oxygen atoms in total. The summed E-state index contributed by atoms with van der Waals surface area (Å²) in [6, 6.07) is 22.3. The summed E-state index contributed by atoms with van der Waals surface area (Å²) in [4.78, 5) is 13.5. The van der Waals surface area contributed by atoms with E-state index in [9.17, 15) is 25.2 Å². The Morgan fingerprint density at radius 1 is 0.902 bits per heavy atom. The smallest absolute Gasteiger partial charge is 0.170 e. The zero-order chi connectivity index (χ0) is 28.9. The van der Waals surface area contributed by atoms with Gasteiger partial charge in [0.15, 0.2) is 5.78 Å². The number of phenols is 4. The second kappa shape index (κ2) is 12.1. The first-order valence-corrected chi connectivity index (χ1v) is 13.5. The van der Waals surface area contributed by atoms with Crippen molar-refractivity contribution in [3.05, 3.63) is 113 Å².